The molecule has 0 radical (unpaired) electrons. The van der Waals surface area contributed by atoms with Gasteiger partial charge in [0, 0.05) is 32.1 Å². The van der Waals surface area contributed by atoms with Crippen LogP contribution in [0.5, 0.6) is 5.75 Å². The van der Waals surface area contributed by atoms with Gasteiger partial charge in [0.25, 0.3) is 0 Å². The molecular weight excluding hydrogens is 1160 g/mol. The largest absolute Gasteiger partial charge is 0.508 e. The summed E-state index contributed by atoms with van der Waals surface area (Å²) in [6.45, 7) is 8.26. The number of carbonyl (C=O) groups excluding carboxylic acids is 12. The number of hydrogen-bond donors (Lipinski definition) is 14. The van der Waals surface area contributed by atoms with E-state index in [1.807, 2.05) is 0 Å². The van der Waals surface area contributed by atoms with Crippen LogP contribution in [0.2, 0.25) is 0 Å². The number of phenols is 1. The normalized spacial score (nSPS) is 23.5. The molecule has 10 atom stereocenters. The molecule has 26 heteroatoms. The molecule has 0 spiro atoms. The summed E-state index contributed by atoms with van der Waals surface area (Å²) in [7, 11) is 0. The highest BCUT2D eigenvalue weighted by atomic mass is 16.3. The van der Waals surface area contributed by atoms with Crippen LogP contribution in [0.25, 0.3) is 0 Å². The molecular formula is C64H85N13O13. The van der Waals surface area contributed by atoms with E-state index in [4.69, 9.17) is 17.2 Å². The maximum Gasteiger partial charge on any atom is 0.243 e. The highest BCUT2D eigenvalue weighted by Gasteiger charge is 2.38. The van der Waals surface area contributed by atoms with Crippen LogP contribution < -0.4 is 70.4 Å². The Labute approximate surface area is 522 Å². The number of benzene rings is 4. The molecule has 0 bridgehead atoms. The van der Waals surface area contributed by atoms with Crippen LogP contribution in [-0.4, -0.2) is 143 Å². The van der Waals surface area contributed by atoms with Gasteiger partial charge in [0.2, 0.25) is 70.9 Å². The number of carbonyl (C=O) groups is 12. The van der Waals surface area contributed by atoms with Crippen LogP contribution >= 0.6 is 0 Å². The molecule has 0 saturated carbocycles. The second-order valence-electron chi connectivity index (χ2n) is 23.1. The van der Waals surface area contributed by atoms with Gasteiger partial charge in [-0.25, -0.2) is 0 Å². The second kappa shape index (κ2) is 35.3. The maximum absolute atomic E-state index is 14.7. The van der Waals surface area contributed by atoms with Crippen molar-refractivity contribution >= 4 is 70.9 Å². The number of aromatic hydroxyl groups is 1. The highest BCUT2D eigenvalue weighted by molar-refractivity contribution is 6.00. The molecule has 4 aromatic rings. The summed E-state index contributed by atoms with van der Waals surface area (Å²) in [6, 6.07) is 16.2. The molecule has 1 aliphatic heterocycles. The van der Waals surface area contributed by atoms with Crippen LogP contribution in [0.3, 0.4) is 0 Å². The Balaban J connectivity index is 1.64. The summed E-state index contributed by atoms with van der Waals surface area (Å²) in [6.07, 6.45) is -2.40. The van der Waals surface area contributed by atoms with Crippen molar-refractivity contribution in [1.29, 1.82) is 0 Å². The molecule has 0 aliphatic carbocycles. The highest BCUT2D eigenvalue weighted by Crippen LogP contribution is 2.16. The van der Waals surface area contributed by atoms with Crippen molar-refractivity contribution in [2.45, 2.75) is 159 Å². The minimum absolute atomic E-state index is 0.0358. The van der Waals surface area contributed by atoms with E-state index in [1.165, 1.54) is 31.2 Å². The smallest absolute Gasteiger partial charge is 0.243 e. The Morgan fingerprint density at radius 2 is 0.756 bits per heavy atom. The van der Waals surface area contributed by atoms with Crippen molar-refractivity contribution in [3.8, 4) is 5.75 Å². The molecule has 4 aromatic carbocycles. The molecule has 0 unspecified atom stereocenters. The summed E-state index contributed by atoms with van der Waals surface area (Å²) >= 11 is 0. The van der Waals surface area contributed by atoms with E-state index < -0.39 is 156 Å². The van der Waals surface area contributed by atoms with E-state index in [9.17, 15) is 62.6 Å². The van der Waals surface area contributed by atoms with E-state index in [0.29, 0.717) is 22.3 Å². The Kier molecular flexibility index (Phi) is 27.9. The van der Waals surface area contributed by atoms with E-state index in [2.05, 4.69) is 53.2 Å². The van der Waals surface area contributed by atoms with Crippen LogP contribution in [0.4, 0.5) is 0 Å². The van der Waals surface area contributed by atoms with Crippen molar-refractivity contribution < 1.29 is 62.6 Å². The van der Waals surface area contributed by atoms with Gasteiger partial charge in [-0.3, -0.25) is 57.5 Å². The van der Waals surface area contributed by atoms with Gasteiger partial charge in [0.1, 0.15) is 66.2 Å². The van der Waals surface area contributed by atoms with Crippen LogP contribution in [0, 0.1) is 11.8 Å². The number of hydrogen-bond acceptors (Lipinski definition) is 14. The van der Waals surface area contributed by atoms with Crippen molar-refractivity contribution in [1.82, 2.24) is 53.2 Å². The molecule has 1 heterocycles. The van der Waals surface area contributed by atoms with Crippen LogP contribution in [0.15, 0.2) is 115 Å². The quantitative estimate of drug-likeness (QED) is 0.0543. The van der Waals surface area contributed by atoms with Gasteiger partial charge in [-0.2, -0.15) is 0 Å². The minimum atomic E-state index is -1.85. The fourth-order valence-corrected chi connectivity index (χ4v) is 9.87. The molecule has 1 aliphatic rings. The first kappa shape index (κ1) is 71.0. The fraction of sp³-hybridized carbons (Fsp3) is 0.438. The van der Waals surface area contributed by atoms with E-state index in [0.717, 1.165) is 0 Å². The van der Waals surface area contributed by atoms with Crippen molar-refractivity contribution in [2.24, 2.45) is 29.0 Å². The molecule has 1 fully saturated rings. The lowest BCUT2D eigenvalue weighted by atomic mass is 9.99. The van der Waals surface area contributed by atoms with Crippen LogP contribution in [0.1, 0.15) is 95.4 Å². The summed E-state index contributed by atoms with van der Waals surface area (Å²) in [5.74, 6) is -12.3. The van der Waals surface area contributed by atoms with Crippen molar-refractivity contribution in [3.63, 3.8) is 0 Å². The van der Waals surface area contributed by atoms with E-state index >= 15 is 0 Å². The molecule has 484 valence electrons. The van der Waals surface area contributed by atoms with Gasteiger partial charge in [0.05, 0.1) is 6.42 Å². The number of rotatable bonds is 19. The zero-order valence-electron chi connectivity index (χ0n) is 51.3. The van der Waals surface area contributed by atoms with Gasteiger partial charge in [0.15, 0.2) is 0 Å². The maximum atomic E-state index is 14.7. The monoisotopic (exact) mass is 1240 g/mol. The first-order valence-corrected chi connectivity index (χ1v) is 30.0. The third kappa shape index (κ3) is 23.4. The zero-order chi connectivity index (χ0) is 66.0. The first-order valence-electron chi connectivity index (χ1n) is 30.0. The molecule has 17 N–H and O–H groups in total. The Hall–Kier alpha value is -9.72. The van der Waals surface area contributed by atoms with Gasteiger partial charge >= 0.3 is 0 Å². The number of nitrogens with two attached hydrogens (primary N) is 3. The lowest BCUT2D eigenvalue weighted by Crippen LogP contribution is -2.62. The van der Waals surface area contributed by atoms with Crippen molar-refractivity contribution in [3.05, 3.63) is 138 Å². The molecule has 0 aromatic heterocycles. The SMILES string of the molecule is CC(C)C[C@@H]1NC(=O)[C@H](CCCN)NC(=O)[C@H](C(C)C)NC(=O)[C@H](Cc2ccc(O)cc2)NC(=O)[C@H](CCC(N)=O)NC(=O)[C@H](CC(N)=O)NC(=O)[C@@H](Cc2ccccc2)NC(=O)[C@H](Cc2ccccc2)NC(=O)[C@H](C)NC(=O)[C@@H](Cc2ccccc2)NC1=O. The lowest BCUT2D eigenvalue weighted by molar-refractivity contribution is -0.137. The summed E-state index contributed by atoms with van der Waals surface area (Å²) in [5.41, 5.74) is 19.1. The average molecular weight is 1240 g/mol. The summed E-state index contributed by atoms with van der Waals surface area (Å²) in [4.78, 5) is 170. The third-order valence-electron chi connectivity index (χ3n) is 14.8. The fourth-order valence-electron chi connectivity index (χ4n) is 9.87. The number of phenolic OH excluding ortho intramolecular Hbond substituents is 1. The van der Waals surface area contributed by atoms with Gasteiger partial charge in [-0.05, 0) is 85.4 Å². The summed E-state index contributed by atoms with van der Waals surface area (Å²) in [5, 5.41) is 36.5. The summed E-state index contributed by atoms with van der Waals surface area (Å²) < 4.78 is 0. The molecule has 1 saturated heterocycles. The Morgan fingerprint density at radius 3 is 1.18 bits per heavy atom. The molecule has 90 heavy (non-hydrogen) atoms. The Morgan fingerprint density at radius 1 is 0.411 bits per heavy atom. The zero-order valence-corrected chi connectivity index (χ0v) is 51.3. The molecule has 12 amide bonds. The topological polar surface area (TPSA) is 423 Å². The third-order valence-corrected chi connectivity index (χ3v) is 14.8. The number of amides is 12. The first-order chi connectivity index (χ1) is 42.8. The standard InChI is InChI=1S/C64H85N13O13/c1-36(2)30-46-59(85)74-47(31-39-16-9-6-10-17-39)58(84)68-38(5)55(81)71-48(32-40-18-11-7-12-19-40)60(86)75-49(33-41-20-13-8-14-21-41)61(87)76-51(35-53(67)80)62(88)69-45(27-28-52(66)79)57(83)73-50(34-42-23-25-43(78)26-24-42)63(89)77-54(37(3)4)64(90)70-44(22-15-29-65)56(82)72-46/h6-14,16-21,23-26,36-38,44-51,54,78H,15,22,27-35,65H2,1-5H3,(H2,66,79)(H2,67,80)(H,68,84)(H,69,88)(H,70,90)(H,71,81)(H,72,82)(H,73,83)(H,74,85)(H,75,86)(H,76,87)(H,77,89)/t38-,44-,45-,46-,47+,48-,49+,50-,51-,54-/m0/s1. The van der Waals surface area contributed by atoms with E-state index in [-0.39, 0.29) is 63.2 Å². The molecule has 26 nitrogen and oxygen atoms in total. The van der Waals surface area contributed by atoms with Gasteiger partial charge in [-0.1, -0.05) is 131 Å². The van der Waals surface area contributed by atoms with Crippen LogP contribution in [-0.2, 0) is 83.2 Å². The van der Waals surface area contributed by atoms with Gasteiger partial charge < -0.3 is 75.5 Å². The predicted octanol–water partition coefficient (Wildman–Crippen LogP) is -0.874. The average Bonchev–Trinajstić information content (AvgIpc) is 1.56. The number of nitrogens with one attached hydrogen (secondary N) is 10. The van der Waals surface area contributed by atoms with E-state index in [1.54, 1.807) is 119 Å². The Bertz CT molecular complexity index is 3120. The molecule has 5 rings (SSSR count). The lowest BCUT2D eigenvalue weighted by Gasteiger charge is -2.30. The van der Waals surface area contributed by atoms with Gasteiger partial charge in [-0.15, -0.1) is 0 Å². The number of primary amides is 2. The van der Waals surface area contributed by atoms with Crippen molar-refractivity contribution in [2.75, 3.05) is 6.54 Å². The minimum Gasteiger partial charge on any atom is -0.508 e. The predicted molar refractivity (Wildman–Crippen MR) is 332 cm³/mol. The second-order valence-corrected chi connectivity index (χ2v) is 23.1.